The summed E-state index contributed by atoms with van der Waals surface area (Å²) in [6.45, 7) is 5.29. The van der Waals surface area contributed by atoms with Crippen molar-refractivity contribution in [1.29, 1.82) is 0 Å². The average Bonchev–Trinajstić information content (AvgIpc) is 3.25. The molecule has 1 fully saturated rings. The maximum absolute atomic E-state index is 5.22. The van der Waals surface area contributed by atoms with Crippen LogP contribution in [0.3, 0.4) is 0 Å². The molecule has 0 spiro atoms. The highest BCUT2D eigenvalue weighted by molar-refractivity contribution is 7.15. The van der Waals surface area contributed by atoms with Crippen molar-refractivity contribution >= 4 is 11.3 Å². The van der Waals surface area contributed by atoms with Crippen LogP contribution in [0.1, 0.15) is 43.2 Å². The molecule has 0 amide bonds. The van der Waals surface area contributed by atoms with Gasteiger partial charge in [-0.25, -0.2) is 4.98 Å². The number of hydrogen-bond donors (Lipinski definition) is 1. The number of thiazole rings is 1. The fourth-order valence-electron chi connectivity index (χ4n) is 2.32. The van der Waals surface area contributed by atoms with Crippen molar-refractivity contribution in [3.63, 3.8) is 0 Å². The van der Waals surface area contributed by atoms with E-state index in [0.717, 1.165) is 17.3 Å². The van der Waals surface area contributed by atoms with Crippen LogP contribution in [0, 0.1) is 0 Å². The van der Waals surface area contributed by atoms with Crippen molar-refractivity contribution in [3.8, 4) is 16.3 Å². The summed E-state index contributed by atoms with van der Waals surface area (Å²) in [5.41, 5.74) is 2.50. The number of nitrogens with zero attached hydrogens (tertiary/aromatic N) is 1. The lowest BCUT2D eigenvalue weighted by atomic mass is 10.2. The molecule has 1 aromatic heterocycles. The lowest BCUT2D eigenvalue weighted by Gasteiger charge is -2.07. The third-order valence-electron chi connectivity index (χ3n) is 3.70. The molecule has 0 aliphatic heterocycles. The third kappa shape index (κ3) is 3.44. The quantitative estimate of drug-likeness (QED) is 0.868. The lowest BCUT2D eigenvalue weighted by Crippen LogP contribution is -2.21. The van der Waals surface area contributed by atoms with Gasteiger partial charge in [0.2, 0.25) is 0 Å². The van der Waals surface area contributed by atoms with Crippen molar-refractivity contribution in [2.45, 2.75) is 45.2 Å². The molecule has 0 radical (unpaired) electrons. The van der Waals surface area contributed by atoms with E-state index in [0.29, 0.717) is 12.0 Å². The minimum absolute atomic E-state index is 0.503. The van der Waals surface area contributed by atoms with Gasteiger partial charge in [0.15, 0.2) is 0 Å². The first-order chi connectivity index (χ1) is 10.2. The van der Waals surface area contributed by atoms with Crippen LogP contribution >= 0.6 is 11.3 Å². The van der Waals surface area contributed by atoms with Crippen molar-refractivity contribution < 1.29 is 4.74 Å². The van der Waals surface area contributed by atoms with E-state index in [-0.39, 0.29) is 0 Å². The van der Waals surface area contributed by atoms with Gasteiger partial charge >= 0.3 is 0 Å². The Morgan fingerprint density at radius 3 is 2.57 bits per heavy atom. The molecule has 3 nitrogen and oxygen atoms in total. The molecule has 1 saturated carbocycles. The molecule has 0 unspecified atom stereocenters. The summed E-state index contributed by atoms with van der Waals surface area (Å²) in [5.74, 6) is 1.58. The molecule has 1 heterocycles. The molecule has 1 aromatic carbocycles. The van der Waals surface area contributed by atoms with E-state index < -0.39 is 0 Å². The number of aromatic nitrogens is 1. The van der Waals surface area contributed by atoms with Crippen molar-refractivity contribution in [2.24, 2.45) is 0 Å². The standard InChI is InChI=1S/C17H22N2OS/c1-11(2)18-10-15-16(12-4-5-12)19-17(21-15)13-6-8-14(20-3)9-7-13/h6-9,11-12,18H,4-5,10H2,1-3H3. The van der Waals surface area contributed by atoms with Crippen LogP contribution in [0.2, 0.25) is 0 Å². The van der Waals surface area contributed by atoms with Crippen molar-refractivity contribution in [3.05, 3.63) is 34.8 Å². The fourth-order valence-corrected chi connectivity index (χ4v) is 3.42. The molecular formula is C17H22N2OS. The maximum Gasteiger partial charge on any atom is 0.123 e. The first-order valence-electron chi connectivity index (χ1n) is 7.54. The van der Waals surface area contributed by atoms with E-state index in [4.69, 9.17) is 9.72 Å². The van der Waals surface area contributed by atoms with E-state index >= 15 is 0 Å². The SMILES string of the molecule is COc1ccc(-c2nc(C3CC3)c(CNC(C)C)s2)cc1. The minimum atomic E-state index is 0.503. The molecular weight excluding hydrogens is 280 g/mol. The van der Waals surface area contributed by atoms with Crippen LogP contribution in [-0.2, 0) is 6.54 Å². The van der Waals surface area contributed by atoms with Gasteiger partial charge in [-0.15, -0.1) is 11.3 Å². The monoisotopic (exact) mass is 302 g/mol. The van der Waals surface area contributed by atoms with Crippen LogP contribution in [0.4, 0.5) is 0 Å². The molecule has 4 heteroatoms. The molecule has 2 aromatic rings. The molecule has 21 heavy (non-hydrogen) atoms. The molecule has 1 aliphatic rings. The van der Waals surface area contributed by atoms with Gasteiger partial charge in [-0.2, -0.15) is 0 Å². The number of ether oxygens (including phenoxy) is 1. The Morgan fingerprint density at radius 1 is 1.29 bits per heavy atom. The lowest BCUT2D eigenvalue weighted by molar-refractivity contribution is 0.415. The summed E-state index contributed by atoms with van der Waals surface area (Å²) < 4.78 is 5.22. The molecule has 1 aliphatic carbocycles. The van der Waals surface area contributed by atoms with Gasteiger partial charge in [-0.1, -0.05) is 13.8 Å². The van der Waals surface area contributed by atoms with E-state index in [2.05, 4.69) is 31.3 Å². The van der Waals surface area contributed by atoms with Gasteiger partial charge in [0.1, 0.15) is 10.8 Å². The van der Waals surface area contributed by atoms with Gasteiger partial charge in [0, 0.05) is 28.9 Å². The smallest absolute Gasteiger partial charge is 0.123 e. The highest BCUT2D eigenvalue weighted by Gasteiger charge is 2.29. The average molecular weight is 302 g/mol. The van der Waals surface area contributed by atoms with Crippen LogP contribution in [0.5, 0.6) is 5.75 Å². The van der Waals surface area contributed by atoms with E-state index in [1.165, 1.54) is 29.0 Å². The predicted molar refractivity (Wildman–Crippen MR) is 88.1 cm³/mol. The summed E-state index contributed by atoms with van der Waals surface area (Å²) >= 11 is 1.82. The number of benzene rings is 1. The van der Waals surface area contributed by atoms with Crippen molar-refractivity contribution in [2.75, 3.05) is 7.11 Å². The number of rotatable bonds is 6. The number of hydrogen-bond acceptors (Lipinski definition) is 4. The van der Waals surface area contributed by atoms with Gasteiger partial charge < -0.3 is 10.1 Å². The number of methoxy groups -OCH3 is 1. The van der Waals surface area contributed by atoms with E-state index in [1.54, 1.807) is 7.11 Å². The topological polar surface area (TPSA) is 34.1 Å². The zero-order valence-electron chi connectivity index (χ0n) is 12.8. The second-order valence-corrected chi connectivity index (χ2v) is 6.95. The molecule has 112 valence electrons. The van der Waals surface area contributed by atoms with E-state index in [1.807, 2.05) is 23.5 Å². The van der Waals surface area contributed by atoms with Crippen molar-refractivity contribution in [1.82, 2.24) is 10.3 Å². The summed E-state index contributed by atoms with van der Waals surface area (Å²) in [5, 5.41) is 4.64. The van der Waals surface area contributed by atoms with E-state index in [9.17, 15) is 0 Å². The third-order valence-corrected chi connectivity index (χ3v) is 4.82. The Labute approximate surface area is 130 Å². The molecule has 0 saturated heterocycles. The highest BCUT2D eigenvalue weighted by atomic mass is 32.1. The Morgan fingerprint density at radius 2 is 2.00 bits per heavy atom. The van der Waals surface area contributed by atoms with Gasteiger partial charge in [-0.05, 0) is 37.1 Å². The zero-order valence-corrected chi connectivity index (χ0v) is 13.7. The van der Waals surface area contributed by atoms with Crippen LogP contribution in [0.25, 0.3) is 10.6 Å². The van der Waals surface area contributed by atoms with Gasteiger partial charge in [-0.3, -0.25) is 0 Å². The summed E-state index contributed by atoms with van der Waals surface area (Å²) in [7, 11) is 1.69. The molecule has 1 N–H and O–H groups in total. The van der Waals surface area contributed by atoms with Crippen LogP contribution < -0.4 is 10.1 Å². The number of nitrogens with one attached hydrogen (secondary N) is 1. The Balaban J connectivity index is 1.86. The van der Waals surface area contributed by atoms with Crippen LogP contribution in [0.15, 0.2) is 24.3 Å². The van der Waals surface area contributed by atoms with Crippen LogP contribution in [-0.4, -0.2) is 18.1 Å². The first kappa shape index (κ1) is 14.5. The Hall–Kier alpha value is -1.39. The van der Waals surface area contributed by atoms with Gasteiger partial charge in [0.25, 0.3) is 0 Å². The Kier molecular flexibility index (Phi) is 4.27. The van der Waals surface area contributed by atoms with Gasteiger partial charge in [0.05, 0.1) is 12.8 Å². The maximum atomic E-state index is 5.22. The Bertz CT molecular complexity index is 600. The normalized spacial score (nSPS) is 14.7. The highest BCUT2D eigenvalue weighted by Crippen LogP contribution is 2.44. The second-order valence-electron chi connectivity index (χ2n) is 5.87. The second kappa shape index (κ2) is 6.16. The summed E-state index contributed by atoms with van der Waals surface area (Å²) in [6.07, 6.45) is 2.58. The molecule has 3 rings (SSSR count). The zero-order chi connectivity index (χ0) is 14.8. The first-order valence-corrected chi connectivity index (χ1v) is 8.36. The minimum Gasteiger partial charge on any atom is -0.497 e. The summed E-state index contributed by atoms with van der Waals surface area (Å²) in [6, 6.07) is 8.69. The molecule has 0 bridgehead atoms. The molecule has 0 atom stereocenters. The predicted octanol–water partition coefficient (Wildman–Crippen LogP) is 4.19. The summed E-state index contributed by atoms with van der Waals surface area (Å²) in [4.78, 5) is 6.31. The fraction of sp³-hybridized carbons (Fsp3) is 0.471. The largest absolute Gasteiger partial charge is 0.497 e.